The quantitative estimate of drug-likeness (QED) is 0.507. The van der Waals surface area contributed by atoms with Gasteiger partial charge in [0.05, 0.1) is 10.5 Å². The van der Waals surface area contributed by atoms with E-state index in [9.17, 15) is 14.9 Å². The summed E-state index contributed by atoms with van der Waals surface area (Å²) >= 11 is 5.91. The number of aromatic nitrogens is 1. The Bertz CT molecular complexity index is 542. The number of hydrogen-bond donors (Lipinski definition) is 1. The molecule has 1 N–H and O–H groups in total. The number of nitrogens with zero attached hydrogens (tertiary/aromatic N) is 3. The van der Waals surface area contributed by atoms with Crippen molar-refractivity contribution in [2.45, 2.75) is 25.9 Å². The van der Waals surface area contributed by atoms with Crippen molar-refractivity contribution in [3.8, 4) is 0 Å². The molecular formula is C12H15ClN4O3. The van der Waals surface area contributed by atoms with Gasteiger partial charge in [-0.25, -0.2) is 4.98 Å². The highest BCUT2D eigenvalue weighted by Gasteiger charge is 2.31. The lowest BCUT2D eigenvalue weighted by Crippen LogP contribution is -2.57. The minimum Gasteiger partial charge on any atom is -0.331 e. The van der Waals surface area contributed by atoms with Crippen LogP contribution in [-0.2, 0) is 0 Å². The number of halogens is 1. The third-order valence-corrected chi connectivity index (χ3v) is 3.63. The normalized spacial score (nSPS) is 22.6. The monoisotopic (exact) mass is 298 g/mol. The second-order valence-electron chi connectivity index (χ2n) is 4.86. The Kier molecular flexibility index (Phi) is 4.20. The van der Waals surface area contributed by atoms with Gasteiger partial charge in [0.2, 0.25) is 0 Å². The van der Waals surface area contributed by atoms with Crippen molar-refractivity contribution in [1.29, 1.82) is 0 Å². The molecule has 7 nitrogen and oxygen atoms in total. The van der Waals surface area contributed by atoms with Gasteiger partial charge < -0.3 is 10.2 Å². The zero-order chi connectivity index (χ0) is 14.9. The summed E-state index contributed by atoms with van der Waals surface area (Å²) in [6, 6.07) is 1.15. The summed E-state index contributed by atoms with van der Waals surface area (Å²) in [5.41, 5.74) is -0.172. The van der Waals surface area contributed by atoms with Crippen molar-refractivity contribution < 1.29 is 9.72 Å². The van der Waals surface area contributed by atoms with Crippen molar-refractivity contribution in [1.82, 2.24) is 15.2 Å². The molecule has 0 bridgehead atoms. The molecule has 0 spiro atoms. The van der Waals surface area contributed by atoms with E-state index in [0.29, 0.717) is 13.1 Å². The van der Waals surface area contributed by atoms with Crippen LogP contribution in [0.1, 0.15) is 24.2 Å². The van der Waals surface area contributed by atoms with E-state index in [1.54, 1.807) is 4.90 Å². The Morgan fingerprint density at radius 3 is 2.65 bits per heavy atom. The lowest BCUT2D eigenvalue weighted by atomic mass is 10.1. The van der Waals surface area contributed by atoms with Crippen LogP contribution in [0.4, 0.5) is 5.69 Å². The minimum absolute atomic E-state index is 0.0124. The average molecular weight is 299 g/mol. The van der Waals surface area contributed by atoms with Crippen molar-refractivity contribution in [3.63, 3.8) is 0 Å². The Balaban J connectivity index is 2.37. The van der Waals surface area contributed by atoms with Crippen molar-refractivity contribution in [3.05, 3.63) is 33.1 Å². The van der Waals surface area contributed by atoms with Crippen LogP contribution < -0.4 is 5.32 Å². The predicted molar refractivity (Wildman–Crippen MR) is 73.9 cm³/mol. The van der Waals surface area contributed by atoms with Crippen LogP contribution in [-0.4, -0.2) is 45.9 Å². The maximum Gasteiger partial charge on any atom is 0.288 e. The van der Waals surface area contributed by atoms with Crippen LogP contribution in [0.15, 0.2) is 12.3 Å². The first-order valence-corrected chi connectivity index (χ1v) is 6.63. The van der Waals surface area contributed by atoms with Crippen LogP contribution in [0.3, 0.4) is 0 Å². The fraction of sp³-hybridized carbons (Fsp3) is 0.500. The van der Waals surface area contributed by atoms with E-state index in [1.165, 1.54) is 6.07 Å². The van der Waals surface area contributed by atoms with Gasteiger partial charge in [0.1, 0.15) is 11.3 Å². The zero-order valence-corrected chi connectivity index (χ0v) is 11.9. The van der Waals surface area contributed by atoms with Crippen LogP contribution in [0.25, 0.3) is 0 Å². The minimum atomic E-state index is -0.593. The Hall–Kier alpha value is -1.73. The molecule has 2 atom stereocenters. The fourth-order valence-electron chi connectivity index (χ4n) is 2.36. The molecule has 1 saturated heterocycles. The van der Waals surface area contributed by atoms with Gasteiger partial charge in [-0.1, -0.05) is 11.6 Å². The Morgan fingerprint density at radius 1 is 1.50 bits per heavy atom. The predicted octanol–water partition coefficient (Wildman–Crippen LogP) is 1.47. The summed E-state index contributed by atoms with van der Waals surface area (Å²) in [5.74, 6) is -0.326. The lowest BCUT2D eigenvalue weighted by Gasteiger charge is -2.39. The molecule has 0 aromatic carbocycles. The second-order valence-corrected chi connectivity index (χ2v) is 5.22. The van der Waals surface area contributed by atoms with Crippen LogP contribution in [0.5, 0.6) is 0 Å². The number of carbonyl (C=O) groups excluding carboxylic acids is 1. The van der Waals surface area contributed by atoms with Gasteiger partial charge >= 0.3 is 0 Å². The number of amides is 1. The average Bonchev–Trinajstić information content (AvgIpc) is 2.38. The van der Waals surface area contributed by atoms with E-state index in [1.807, 2.05) is 13.8 Å². The molecule has 2 rings (SSSR count). The molecule has 1 fully saturated rings. The molecule has 2 heterocycles. The molecule has 1 aromatic rings. The molecule has 1 aromatic heterocycles. The maximum atomic E-state index is 12.6. The van der Waals surface area contributed by atoms with E-state index in [2.05, 4.69) is 10.3 Å². The topological polar surface area (TPSA) is 88.4 Å². The molecule has 1 aliphatic heterocycles. The van der Waals surface area contributed by atoms with Gasteiger partial charge in [0.15, 0.2) is 0 Å². The lowest BCUT2D eigenvalue weighted by molar-refractivity contribution is -0.385. The van der Waals surface area contributed by atoms with Gasteiger partial charge in [-0.05, 0) is 13.8 Å². The van der Waals surface area contributed by atoms with E-state index in [0.717, 1.165) is 6.20 Å². The van der Waals surface area contributed by atoms with Gasteiger partial charge in [-0.15, -0.1) is 0 Å². The summed E-state index contributed by atoms with van der Waals surface area (Å²) in [7, 11) is 0. The first kappa shape index (κ1) is 14.7. The molecular weight excluding hydrogens is 284 g/mol. The number of piperazine rings is 1. The van der Waals surface area contributed by atoms with Gasteiger partial charge in [0.25, 0.3) is 11.6 Å². The van der Waals surface area contributed by atoms with Gasteiger partial charge in [-0.3, -0.25) is 14.9 Å². The number of nitro groups is 1. The molecule has 0 radical (unpaired) electrons. The zero-order valence-electron chi connectivity index (χ0n) is 11.2. The SMILES string of the molecule is CC1CNCC(C)N1C(=O)c1cc([N+](=O)[O-])cnc1Cl. The molecule has 108 valence electrons. The highest BCUT2D eigenvalue weighted by Crippen LogP contribution is 2.23. The van der Waals surface area contributed by atoms with E-state index >= 15 is 0 Å². The summed E-state index contributed by atoms with van der Waals surface area (Å²) in [6.45, 7) is 5.19. The molecule has 2 unspecified atom stereocenters. The highest BCUT2D eigenvalue weighted by atomic mass is 35.5. The van der Waals surface area contributed by atoms with Crippen LogP contribution in [0.2, 0.25) is 5.15 Å². The molecule has 8 heteroatoms. The third-order valence-electron chi connectivity index (χ3n) is 3.33. The largest absolute Gasteiger partial charge is 0.331 e. The van der Waals surface area contributed by atoms with E-state index < -0.39 is 4.92 Å². The fourth-order valence-corrected chi connectivity index (χ4v) is 2.54. The first-order valence-electron chi connectivity index (χ1n) is 6.25. The number of nitrogens with one attached hydrogen (secondary N) is 1. The third kappa shape index (κ3) is 2.73. The number of rotatable bonds is 2. The first-order chi connectivity index (χ1) is 9.41. The number of pyridine rings is 1. The smallest absolute Gasteiger partial charge is 0.288 e. The van der Waals surface area contributed by atoms with E-state index in [4.69, 9.17) is 11.6 Å². The number of carbonyl (C=O) groups is 1. The summed E-state index contributed by atoms with van der Waals surface area (Å²) in [4.78, 5) is 28.2. The summed E-state index contributed by atoms with van der Waals surface area (Å²) < 4.78 is 0. The van der Waals surface area contributed by atoms with E-state index in [-0.39, 0.29) is 34.4 Å². The van der Waals surface area contributed by atoms with Crippen molar-refractivity contribution in [2.75, 3.05) is 13.1 Å². The van der Waals surface area contributed by atoms with Crippen molar-refractivity contribution >= 4 is 23.2 Å². The maximum absolute atomic E-state index is 12.6. The standard InChI is InChI=1S/C12H15ClN4O3/c1-7-4-14-5-8(2)16(7)12(18)10-3-9(17(19)20)6-15-11(10)13/h3,6-8,14H,4-5H2,1-2H3. The van der Waals surface area contributed by atoms with Gasteiger partial charge in [0, 0.05) is 31.2 Å². The molecule has 0 aliphatic carbocycles. The summed E-state index contributed by atoms with van der Waals surface area (Å²) in [5, 5.41) is 14.0. The Morgan fingerprint density at radius 2 is 2.10 bits per heavy atom. The highest BCUT2D eigenvalue weighted by molar-refractivity contribution is 6.32. The molecule has 20 heavy (non-hydrogen) atoms. The molecule has 0 saturated carbocycles. The van der Waals surface area contributed by atoms with Crippen LogP contribution in [0, 0.1) is 10.1 Å². The summed E-state index contributed by atoms with van der Waals surface area (Å²) in [6.07, 6.45) is 1.05. The molecule has 1 amide bonds. The van der Waals surface area contributed by atoms with Crippen LogP contribution >= 0.6 is 11.6 Å². The second kappa shape index (κ2) is 5.72. The number of hydrogen-bond acceptors (Lipinski definition) is 5. The van der Waals surface area contributed by atoms with Crippen molar-refractivity contribution in [2.24, 2.45) is 0 Å². The van der Waals surface area contributed by atoms with Gasteiger partial charge in [-0.2, -0.15) is 0 Å². The Labute approximate surface area is 121 Å². The molecule has 1 aliphatic rings.